The quantitative estimate of drug-likeness (QED) is 0.768. The predicted molar refractivity (Wildman–Crippen MR) is 96.4 cm³/mol. The van der Waals surface area contributed by atoms with Crippen LogP contribution in [-0.4, -0.2) is 61.8 Å². The van der Waals surface area contributed by atoms with Crippen molar-refractivity contribution in [1.29, 1.82) is 0 Å². The Morgan fingerprint density at radius 3 is 2.58 bits per heavy atom. The number of nitrogens with two attached hydrogens (primary N) is 1. The van der Waals surface area contributed by atoms with Gasteiger partial charge in [0, 0.05) is 17.0 Å². The predicted octanol–water partition coefficient (Wildman–Crippen LogP) is 1.34. The minimum absolute atomic E-state index is 0.137. The fourth-order valence-electron chi connectivity index (χ4n) is 3.29. The Morgan fingerprint density at radius 1 is 1.38 bits per heavy atom. The number of anilines is 1. The van der Waals surface area contributed by atoms with E-state index < -0.39 is 28.0 Å². The minimum atomic E-state index is -1.14. The third-order valence-corrected chi connectivity index (χ3v) is 6.61. The van der Waals surface area contributed by atoms with Gasteiger partial charge in [0.05, 0.1) is 18.1 Å². The molecule has 2 aromatic rings. The zero-order chi connectivity index (χ0) is 17.9. The number of rotatable bonds is 3. The van der Waals surface area contributed by atoms with Crippen LogP contribution in [0.15, 0.2) is 17.4 Å². The first kappa shape index (κ1) is 17.5. The lowest BCUT2D eigenvalue weighted by molar-refractivity contribution is -0.0875. The molecule has 0 saturated carbocycles. The number of nitrogens with zero attached hydrogens (tertiary/aromatic N) is 3. The van der Waals surface area contributed by atoms with Gasteiger partial charge in [-0.25, -0.2) is 20.0 Å². The van der Waals surface area contributed by atoms with Gasteiger partial charge in [-0.2, -0.15) is 0 Å². The molecular weight excluding hydrogens is 328 g/mol. The highest BCUT2D eigenvalue weighted by Crippen LogP contribution is 2.52. The van der Waals surface area contributed by atoms with Gasteiger partial charge in [-0.05, 0) is 25.7 Å². The molecule has 134 valence electrons. The van der Waals surface area contributed by atoms with Crippen LogP contribution in [0.2, 0.25) is 0 Å². The van der Waals surface area contributed by atoms with Crippen molar-refractivity contribution < 1.29 is 14.9 Å². The molecule has 0 bridgehead atoms. The van der Waals surface area contributed by atoms with Gasteiger partial charge in [-0.15, -0.1) is 0 Å². The van der Waals surface area contributed by atoms with E-state index in [1.165, 1.54) is 6.33 Å². The average Bonchev–Trinajstić information content (AvgIpc) is 2.97. The Morgan fingerprint density at radius 2 is 2.04 bits per heavy atom. The summed E-state index contributed by atoms with van der Waals surface area (Å²) in [6.45, 7) is 3.48. The summed E-state index contributed by atoms with van der Waals surface area (Å²) in [6.07, 6.45) is 8.84. The summed E-state index contributed by atoms with van der Waals surface area (Å²) in [7, 11) is -1.10. The van der Waals surface area contributed by atoms with Gasteiger partial charge in [-0.3, -0.25) is 0 Å². The molecule has 1 aliphatic rings. The first-order chi connectivity index (χ1) is 11.1. The van der Waals surface area contributed by atoms with Crippen LogP contribution in [0.25, 0.3) is 11.0 Å². The highest BCUT2D eigenvalue weighted by atomic mass is 32.3. The second kappa shape index (κ2) is 5.59. The maximum Gasteiger partial charge on any atom is 0.164 e. The summed E-state index contributed by atoms with van der Waals surface area (Å²) in [6, 6.07) is 0. The highest BCUT2D eigenvalue weighted by Gasteiger charge is 2.51. The molecule has 2 aromatic heterocycles. The molecule has 8 heteroatoms. The summed E-state index contributed by atoms with van der Waals surface area (Å²) in [5, 5.41) is 21.4. The van der Waals surface area contributed by atoms with Gasteiger partial charge < -0.3 is 25.3 Å². The van der Waals surface area contributed by atoms with Gasteiger partial charge in [0.25, 0.3) is 0 Å². The zero-order valence-corrected chi connectivity index (χ0v) is 15.5. The van der Waals surface area contributed by atoms with Crippen LogP contribution in [0.5, 0.6) is 0 Å². The summed E-state index contributed by atoms with van der Waals surface area (Å²) < 4.78 is 7.81. The van der Waals surface area contributed by atoms with E-state index in [-0.39, 0.29) is 12.5 Å². The van der Waals surface area contributed by atoms with E-state index in [4.69, 9.17) is 10.5 Å². The zero-order valence-electron chi connectivity index (χ0n) is 14.7. The SMILES string of the molecule is C[C@@H]1C(CO)OC(n2cc(S(C)(C)C)c3c(N)ncnc32)C1(C)O. The lowest BCUT2D eigenvalue weighted by Gasteiger charge is -2.29. The van der Waals surface area contributed by atoms with E-state index in [0.717, 1.165) is 10.3 Å². The second-order valence-electron chi connectivity index (χ2n) is 7.42. The van der Waals surface area contributed by atoms with E-state index in [1.807, 2.05) is 17.7 Å². The number of aliphatic hydroxyl groups is 2. The van der Waals surface area contributed by atoms with Crippen LogP contribution < -0.4 is 5.73 Å². The molecule has 1 fully saturated rings. The van der Waals surface area contributed by atoms with Gasteiger partial charge >= 0.3 is 0 Å². The molecule has 0 aromatic carbocycles. The first-order valence-corrected chi connectivity index (χ1v) is 10.7. The number of hydrogen-bond acceptors (Lipinski definition) is 6. The minimum Gasteiger partial charge on any atom is -0.394 e. The summed E-state index contributed by atoms with van der Waals surface area (Å²) in [5.41, 5.74) is 5.63. The van der Waals surface area contributed by atoms with Crippen molar-refractivity contribution >= 4 is 26.9 Å². The monoisotopic (exact) mass is 354 g/mol. The molecule has 0 aliphatic carbocycles. The number of aromatic nitrogens is 3. The topological polar surface area (TPSA) is 106 Å². The molecule has 3 heterocycles. The summed E-state index contributed by atoms with van der Waals surface area (Å²) >= 11 is 0. The Hall–Kier alpha value is -1.35. The molecule has 7 nitrogen and oxygen atoms in total. The Bertz CT molecular complexity index is 769. The number of nitrogen functional groups attached to an aromatic ring is 1. The fraction of sp³-hybridized carbons (Fsp3) is 0.625. The standard InChI is InChI=1S/C16H26N4O3S/c1-9-10(7-21)23-15(16(9,2)22)20-6-11(24(3,4)5)12-13(17)18-8-19-14(12)20/h6,8-10,15,21-22H,7H2,1-5H3,(H2,17,18,19)/t9-,10?,15?,16?/m1/s1. The van der Waals surface area contributed by atoms with Crippen molar-refractivity contribution in [2.75, 3.05) is 31.1 Å². The van der Waals surface area contributed by atoms with Crippen LogP contribution in [-0.2, 0) is 4.74 Å². The molecule has 3 unspecified atom stereocenters. The molecule has 0 spiro atoms. The van der Waals surface area contributed by atoms with E-state index >= 15 is 0 Å². The summed E-state index contributed by atoms with van der Waals surface area (Å²) in [4.78, 5) is 9.60. The lowest BCUT2D eigenvalue weighted by Crippen LogP contribution is -2.38. The van der Waals surface area contributed by atoms with Crippen molar-refractivity contribution in [2.24, 2.45) is 5.92 Å². The number of ether oxygens (including phenoxy) is 1. The van der Waals surface area contributed by atoms with E-state index in [9.17, 15) is 10.2 Å². The number of aliphatic hydroxyl groups excluding tert-OH is 1. The molecule has 1 aliphatic heterocycles. The highest BCUT2D eigenvalue weighted by molar-refractivity contribution is 8.32. The van der Waals surface area contributed by atoms with Crippen molar-refractivity contribution in [3.63, 3.8) is 0 Å². The van der Waals surface area contributed by atoms with Crippen LogP contribution in [0.3, 0.4) is 0 Å². The van der Waals surface area contributed by atoms with Crippen LogP contribution in [0.1, 0.15) is 20.1 Å². The van der Waals surface area contributed by atoms with E-state index in [1.54, 1.807) is 6.92 Å². The van der Waals surface area contributed by atoms with E-state index in [0.29, 0.717) is 11.5 Å². The van der Waals surface area contributed by atoms with Gasteiger partial charge in [0.2, 0.25) is 0 Å². The second-order valence-corrected chi connectivity index (χ2v) is 11.5. The van der Waals surface area contributed by atoms with Crippen LogP contribution in [0, 0.1) is 5.92 Å². The fourth-order valence-corrected chi connectivity index (χ4v) is 4.53. The largest absolute Gasteiger partial charge is 0.394 e. The van der Waals surface area contributed by atoms with E-state index in [2.05, 4.69) is 28.7 Å². The van der Waals surface area contributed by atoms with Crippen molar-refractivity contribution in [1.82, 2.24) is 14.5 Å². The maximum absolute atomic E-state index is 11.0. The Labute approximate surface area is 143 Å². The molecule has 1 saturated heterocycles. The van der Waals surface area contributed by atoms with Gasteiger partial charge in [0.1, 0.15) is 23.4 Å². The molecular formula is C16H26N4O3S. The normalized spacial score (nSPS) is 31.7. The summed E-state index contributed by atoms with van der Waals surface area (Å²) in [5.74, 6) is 0.218. The lowest BCUT2D eigenvalue weighted by atomic mass is 9.88. The van der Waals surface area contributed by atoms with Gasteiger partial charge in [-0.1, -0.05) is 6.92 Å². The third-order valence-electron chi connectivity index (χ3n) is 4.98. The maximum atomic E-state index is 11.0. The van der Waals surface area contributed by atoms with Crippen LogP contribution >= 0.6 is 10.0 Å². The molecule has 0 amide bonds. The van der Waals surface area contributed by atoms with Crippen molar-refractivity contribution in [3.8, 4) is 0 Å². The number of fused-ring (bicyclic) bond motifs is 1. The molecule has 24 heavy (non-hydrogen) atoms. The molecule has 0 radical (unpaired) electrons. The van der Waals surface area contributed by atoms with Gasteiger partial charge in [0.15, 0.2) is 6.23 Å². The van der Waals surface area contributed by atoms with Crippen molar-refractivity contribution in [3.05, 3.63) is 12.5 Å². The Balaban J connectivity index is 2.23. The third kappa shape index (κ3) is 2.48. The molecule has 4 atom stereocenters. The van der Waals surface area contributed by atoms with Crippen molar-refractivity contribution in [2.45, 2.75) is 36.7 Å². The number of hydrogen-bond donors (Lipinski definition) is 3. The molecule has 4 N–H and O–H groups in total. The van der Waals surface area contributed by atoms with Crippen LogP contribution in [0.4, 0.5) is 5.82 Å². The Kier molecular flexibility index (Phi) is 4.07. The molecule has 3 rings (SSSR count). The smallest absolute Gasteiger partial charge is 0.164 e. The average molecular weight is 354 g/mol. The first-order valence-electron chi connectivity index (χ1n) is 7.87.